The van der Waals surface area contributed by atoms with Crippen LogP contribution in [0.25, 0.3) is 0 Å². The molecule has 4 nitrogen and oxygen atoms in total. The number of carbonyl (C=O) groups is 1. The van der Waals surface area contributed by atoms with Crippen LogP contribution in [-0.4, -0.2) is 17.0 Å². The SMILES string of the molecule is CCc1ncc(C(=O)Nc2ccccc2OC(C)C)s1. The third-order valence-corrected chi connectivity index (χ3v) is 3.72. The fourth-order valence-corrected chi connectivity index (χ4v) is 2.44. The van der Waals surface area contributed by atoms with Crippen molar-refractivity contribution in [3.63, 3.8) is 0 Å². The monoisotopic (exact) mass is 290 g/mol. The van der Waals surface area contributed by atoms with Crippen molar-refractivity contribution < 1.29 is 9.53 Å². The average molecular weight is 290 g/mol. The Bertz CT molecular complexity index is 593. The van der Waals surface area contributed by atoms with Crippen LogP contribution < -0.4 is 10.1 Å². The third-order valence-electron chi connectivity index (χ3n) is 2.58. The first kappa shape index (κ1) is 14.5. The Morgan fingerprint density at radius 2 is 2.15 bits per heavy atom. The summed E-state index contributed by atoms with van der Waals surface area (Å²) in [5, 5.41) is 3.84. The maximum Gasteiger partial charge on any atom is 0.267 e. The first-order valence-corrected chi connectivity index (χ1v) is 7.43. The van der Waals surface area contributed by atoms with Crippen LogP contribution in [0.1, 0.15) is 35.5 Å². The number of hydrogen-bond donors (Lipinski definition) is 1. The summed E-state index contributed by atoms with van der Waals surface area (Å²) >= 11 is 1.42. The normalized spacial score (nSPS) is 10.6. The van der Waals surface area contributed by atoms with E-state index < -0.39 is 0 Å². The molecule has 0 saturated heterocycles. The number of carbonyl (C=O) groups excluding carboxylic acids is 1. The Morgan fingerprint density at radius 3 is 2.80 bits per heavy atom. The standard InChI is InChI=1S/C15H18N2O2S/c1-4-14-16-9-13(20-14)15(18)17-11-7-5-6-8-12(11)19-10(2)3/h5-10H,4H2,1-3H3,(H,17,18). The maximum absolute atomic E-state index is 12.2. The summed E-state index contributed by atoms with van der Waals surface area (Å²) in [4.78, 5) is 17.0. The highest BCUT2D eigenvalue weighted by Crippen LogP contribution is 2.26. The zero-order valence-electron chi connectivity index (χ0n) is 11.8. The van der Waals surface area contributed by atoms with Crippen LogP contribution in [0.5, 0.6) is 5.75 Å². The Morgan fingerprint density at radius 1 is 1.40 bits per heavy atom. The molecule has 106 valence electrons. The second-order valence-corrected chi connectivity index (χ2v) is 5.70. The first-order chi connectivity index (χ1) is 9.60. The highest BCUT2D eigenvalue weighted by Gasteiger charge is 2.13. The second kappa shape index (κ2) is 6.52. The van der Waals surface area contributed by atoms with Crippen molar-refractivity contribution in [3.8, 4) is 5.75 Å². The van der Waals surface area contributed by atoms with E-state index in [1.54, 1.807) is 6.20 Å². The number of para-hydroxylation sites is 2. The molecule has 0 bridgehead atoms. The fraction of sp³-hybridized carbons (Fsp3) is 0.333. The van der Waals surface area contributed by atoms with Gasteiger partial charge < -0.3 is 10.1 Å². The predicted molar refractivity (Wildman–Crippen MR) is 81.7 cm³/mol. The van der Waals surface area contributed by atoms with E-state index in [0.29, 0.717) is 16.3 Å². The highest BCUT2D eigenvalue weighted by molar-refractivity contribution is 7.13. The average Bonchev–Trinajstić information content (AvgIpc) is 2.89. The molecule has 2 rings (SSSR count). The van der Waals surface area contributed by atoms with Gasteiger partial charge in [-0.1, -0.05) is 19.1 Å². The second-order valence-electron chi connectivity index (χ2n) is 4.59. The molecule has 1 N–H and O–H groups in total. The van der Waals surface area contributed by atoms with E-state index in [1.165, 1.54) is 11.3 Å². The van der Waals surface area contributed by atoms with E-state index in [1.807, 2.05) is 45.0 Å². The lowest BCUT2D eigenvalue weighted by atomic mass is 10.3. The van der Waals surface area contributed by atoms with Crippen LogP contribution in [0.2, 0.25) is 0 Å². The van der Waals surface area contributed by atoms with Crippen LogP contribution in [0.15, 0.2) is 30.5 Å². The number of ether oxygens (including phenoxy) is 1. The van der Waals surface area contributed by atoms with Crippen LogP contribution in [0, 0.1) is 0 Å². The van der Waals surface area contributed by atoms with E-state index in [9.17, 15) is 4.79 Å². The molecular formula is C15H18N2O2S. The lowest BCUT2D eigenvalue weighted by molar-refractivity contribution is 0.102. The van der Waals surface area contributed by atoms with E-state index in [0.717, 1.165) is 11.4 Å². The topological polar surface area (TPSA) is 51.2 Å². The van der Waals surface area contributed by atoms with Crippen molar-refractivity contribution in [1.82, 2.24) is 4.98 Å². The van der Waals surface area contributed by atoms with Crippen LogP contribution in [0.4, 0.5) is 5.69 Å². The molecule has 1 amide bonds. The van der Waals surface area contributed by atoms with Crippen molar-refractivity contribution >= 4 is 22.9 Å². The number of anilines is 1. The summed E-state index contributed by atoms with van der Waals surface area (Å²) in [5.41, 5.74) is 0.678. The zero-order valence-corrected chi connectivity index (χ0v) is 12.7. The summed E-state index contributed by atoms with van der Waals surface area (Å²) in [6.07, 6.45) is 2.51. The summed E-state index contributed by atoms with van der Waals surface area (Å²) in [6.45, 7) is 5.93. The van der Waals surface area contributed by atoms with Gasteiger partial charge in [0.25, 0.3) is 5.91 Å². The van der Waals surface area contributed by atoms with E-state index in [4.69, 9.17) is 4.74 Å². The maximum atomic E-state index is 12.2. The first-order valence-electron chi connectivity index (χ1n) is 6.62. The number of benzene rings is 1. The molecule has 0 unspecified atom stereocenters. The number of aryl methyl sites for hydroxylation is 1. The number of nitrogens with zero attached hydrogens (tertiary/aromatic N) is 1. The van der Waals surface area contributed by atoms with Gasteiger partial charge in [-0.2, -0.15) is 0 Å². The van der Waals surface area contributed by atoms with Gasteiger partial charge >= 0.3 is 0 Å². The molecule has 0 aliphatic heterocycles. The summed E-state index contributed by atoms with van der Waals surface area (Å²) in [7, 11) is 0. The smallest absolute Gasteiger partial charge is 0.267 e. The molecule has 0 fully saturated rings. The largest absolute Gasteiger partial charge is 0.489 e. The molecule has 0 aliphatic rings. The van der Waals surface area contributed by atoms with Crippen LogP contribution in [0.3, 0.4) is 0 Å². The molecule has 1 aromatic heterocycles. The Labute approximate surface area is 122 Å². The van der Waals surface area contributed by atoms with Gasteiger partial charge in [0.1, 0.15) is 10.6 Å². The minimum atomic E-state index is -0.151. The number of amides is 1. The van der Waals surface area contributed by atoms with Gasteiger partial charge in [-0.15, -0.1) is 11.3 Å². The highest BCUT2D eigenvalue weighted by atomic mass is 32.1. The molecule has 0 spiro atoms. The van der Waals surface area contributed by atoms with Gasteiger partial charge in [-0.05, 0) is 32.4 Å². The third kappa shape index (κ3) is 3.57. The van der Waals surface area contributed by atoms with Gasteiger partial charge in [-0.25, -0.2) is 4.98 Å². The van der Waals surface area contributed by atoms with Crippen molar-refractivity contribution in [2.75, 3.05) is 5.32 Å². The molecule has 0 saturated carbocycles. The van der Waals surface area contributed by atoms with E-state index in [2.05, 4.69) is 10.3 Å². The van der Waals surface area contributed by atoms with E-state index >= 15 is 0 Å². The molecule has 20 heavy (non-hydrogen) atoms. The molecule has 5 heteroatoms. The van der Waals surface area contributed by atoms with Crippen molar-refractivity contribution in [2.45, 2.75) is 33.3 Å². The molecule has 2 aromatic rings. The number of rotatable bonds is 5. The van der Waals surface area contributed by atoms with Crippen molar-refractivity contribution in [2.24, 2.45) is 0 Å². The van der Waals surface area contributed by atoms with Crippen molar-refractivity contribution in [1.29, 1.82) is 0 Å². The summed E-state index contributed by atoms with van der Waals surface area (Å²) < 4.78 is 5.68. The van der Waals surface area contributed by atoms with Gasteiger partial charge in [-0.3, -0.25) is 4.79 Å². The van der Waals surface area contributed by atoms with Gasteiger partial charge in [0.2, 0.25) is 0 Å². The Kier molecular flexibility index (Phi) is 4.74. The molecular weight excluding hydrogens is 272 g/mol. The summed E-state index contributed by atoms with van der Waals surface area (Å²) in [5.74, 6) is 0.526. The predicted octanol–water partition coefficient (Wildman–Crippen LogP) is 3.75. The molecule has 1 aromatic carbocycles. The molecule has 1 heterocycles. The van der Waals surface area contributed by atoms with E-state index in [-0.39, 0.29) is 12.0 Å². The summed E-state index contributed by atoms with van der Waals surface area (Å²) in [6, 6.07) is 7.43. The lowest BCUT2D eigenvalue weighted by Crippen LogP contribution is -2.13. The number of hydrogen-bond acceptors (Lipinski definition) is 4. The minimum absolute atomic E-state index is 0.0585. The number of aromatic nitrogens is 1. The zero-order chi connectivity index (χ0) is 14.5. The minimum Gasteiger partial charge on any atom is -0.489 e. The van der Waals surface area contributed by atoms with Crippen molar-refractivity contribution in [3.05, 3.63) is 40.3 Å². The van der Waals surface area contributed by atoms with Crippen LogP contribution in [-0.2, 0) is 6.42 Å². The van der Waals surface area contributed by atoms with Gasteiger partial charge in [0.05, 0.1) is 23.0 Å². The van der Waals surface area contributed by atoms with Crippen LogP contribution >= 0.6 is 11.3 Å². The van der Waals surface area contributed by atoms with Gasteiger partial charge in [0.15, 0.2) is 0 Å². The number of nitrogens with one attached hydrogen (secondary N) is 1. The fourth-order valence-electron chi connectivity index (χ4n) is 1.69. The van der Waals surface area contributed by atoms with Gasteiger partial charge in [0, 0.05) is 0 Å². The quantitative estimate of drug-likeness (QED) is 0.912. The Balaban J connectivity index is 2.15. The number of thiazole rings is 1. The molecule has 0 atom stereocenters. The molecule has 0 aliphatic carbocycles. The lowest BCUT2D eigenvalue weighted by Gasteiger charge is -2.14. The molecule has 0 radical (unpaired) electrons. The Hall–Kier alpha value is -1.88.